The molecule has 29 heavy (non-hydrogen) atoms. The fourth-order valence-corrected chi connectivity index (χ4v) is 3.17. The van der Waals surface area contributed by atoms with Gasteiger partial charge in [0.25, 0.3) is 0 Å². The number of nitrogens with zero attached hydrogens (tertiary/aromatic N) is 2. The highest BCUT2D eigenvalue weighted by Gasteiger charge is 2.24. The Balaban J connectivity index is 1.90. The summed E-state index contributed by atoms with van der Waals surface area (Å²) in [6.07, 6.45) is 2.56. The largest absolute Gasteiger partial charge is 0.464 e. The molecule has 152 valence electrons. The SMILES string of the molecule is COCC(=O)Nc1c(C(=O)OC)n(C)c2ncc(NCCc3ccccc3)cc12. The van der Waals surface area contributed by atoms with Crippen molar-refractivity contribution in [3.05, 3.63) is 53.9 Å². The van der Waals surface area contributed by atoms with E-state index < -0.39 is 5.97 Å². The van der Waals surface area contributed by atoms with E-state index in [2.05, 4.69) is 27.8 Å². The lowest BCUT2D eigenvalue weighted by molar-refractivity contribution is -0.119. The molecular weight excluding hydrogens is 372 g/mol. The molecule has 0 atom stereocenters. The Kier molecular flexibility index (Phi) is 6.46. The monoisotopic (exact) mass is 396 g/mol. The molecule has 0 saturated carbocycles. The van der Waals surface area contributed by atoms with Gasteiger partial charge in [-0.1, -0.05) is 30.3 Å². The predicted octanol–water partition coefficient (Wildman–Crippen LogP) is 2.60. The summed E-state index contributed by atoms with van der Waals surface area (Å²) >= 11 is 0. The predicted molar refractivity (Wildman–Crippen MR) is 111 cm³/mol. The van der Waals surface area contributed by atoms with E-state index in [-0.39, 0.29) is 18.2 Å². The second kappa shape index (κ2) is 9.20. The van der Waals surface area contributed by atoms with Gasteiger partial charge in [-0.2, -0.15) is 0 Å². The summed E-state index contributed by atoms with van der Waals surface area (Å²) < 4.78 is 11.4. The number of hydrogen-bond acceptors (Lipinski definition) is 6. The van der Waals surface area contributed by atoms with Gasteiger partial charge in [0.2, 0.25) is 5.91 Å². The summed E-state index contributed by atoms with van der Waals surface area (Å²) in [5.41, 5.74) is 3.16. The Bertz CT molecular complexity index is 1010. The number of benzene rings is 1. The molecule has 0 aliphatic carbocycles. The zero-order valence-electron chi connectivity index (χ0n) is 16.7. The number of fused-ring (bicyclic) bond motifs is 1. The van der Waals surface area contributed by atoms with Crippen molar-refractivity contribution in [1.82, 2.24) is 9.55 Å². The van der Waals surface area contributed by atoms with Gasteiger partial charge in [-0.3, -0.25) is 4.79 Å². The number of anilines is 2. The maximum absolute atomic E-state index is 12.3. The standard InChI is InChI=1S/C21H24N4O4/c1-25-19(21(27)29-3)18(24-17(26)13-28-2)16-11-15(12-23-20(16)25)22-10-9-14-7-5-4-6-8-14/h4-8,11-12,22H,9-10,13H2,1-3H3,(H,24,26). The maximum atomic E-state index is 12.3. The van der Waals surface area contributed by atoms with Crippen LogP contribution in [0.25, 0.3) is 11.0 Å². The van der Waals surface area contributed by atoms with E-state index in [1.165, 1.54) is 19.8 Å². The molecule has 0 aliphatic heterocycles. The van der Waals surface area contributed by atoms with Crippen LogP contribution in [0.2, 0.25) is 0 Å². The molecular formula is C21H24N4O4. The summed E-state index contributed by atoms with van der Waals surface area (Å²) in [7, 11) is 4.43. The van der Waals surface area contributed by atoms with Gasteiger partial charge >= 0.3 is 5.97 Å². The highest BCUT2D eigenvalue weighted by atomic mass is 16.5. The number of methoxy groups -OCH3 is 2. The van der Waals surface area contributed by atoms with Crippen LogP contribution in [-0.2, 0) is 27.7 Å². The summed E-state index contributed by atoms with van der Waals surface area (Å²) in [6.45, 7) is 0.596. The van der Waals surface area contributed by atoms with E-state index in [1.807, 2.05) is 24.3 Å². The van der Waals surface area contributed by atoms with Gasteiger partial charge in [-0.25, -0.2) is 9.78 Å². The molecule has 2 aromatic heterocycles. The van der Waals surface area contributed by atoms with Crippen molar-refractivity contribution in [2.24, 2.45) is 7.05 Å². The van der Waals surface area contributed by atoms with Crippen molar-refractivity contribution >= 4 is 34.3 Å². The van der Waals surface area contributed by atoms with Crippen LogP contribution >= 0.6 is 0 Å². The fourth-order valence-electron chi connectivity index (χ4n) is 3.17. The van der Waals surface area contributed by atoms with Gasteiger partial charge < -0.3 is 24.7 Å². The molecule has 0 aliphatic rings. The Morgan fingerprint density at radius 3 is 2.62 bits per heavy atom. The first-order valence-electron chi connectivity index (χ1n) is 9.18. The van der Waals surface area contributed by atoms with Crippen molar-refractivity contribution in [2.45, 2.75) is 6.42 Å². The number of carbonyl (C=O) groups is 2. The van der Waals surface area contributed by atoms with Crippen molar-refractivity contribution in [1.29, 1.82) is 0 Å². The third-order valence-electron chi connectivity index (χ3n) is 4.53. The van der Waals surface area contributed by atoms with Crippen LogP contribution < -0.4 is 10.6 Å². The Labute approximate surface area is 168 Å². The molecule has 3 aromatic rings. The number of esters is 1. The normalized spacial score (nSPS) is 10.7. The van der Waals surface area contributed by atoms with Crippen LogP contribution in [0.15, 0.2) is 42.6 Å². The minimum absolute atomic E-state index is 0.126. The molecule has 2 N–H and O–H groups in total. The quantitative estimate of drug-likeness (QED) is 0.569. The van der Waals surface area contributed by atoms with Gasteiger partial charge in [0.05, 0.1) is 24.7 Å². The van der Waals surface area contributed by atoms with Crippen molar-refractivity contribution in [2.75, 3.05) is 38.0 Å². The molecule has 8 heteroatoms. The minimum atomic E-state index is -0.559. The molecule has 1 aromatic carbocycles. The van der Waals surface area contributed by atoms with Crippen LogP contribution in [0.1, 0.15) is 16.1 Å². The van der Waals surface area contributed by atoms with Crippen LogP contribution in [-0.4, -0.2) is 48.8 Å². The van der Waals surface area contributed by atoms with E-state index in [1.54, 1.807) is 17.8 Å². The minimum Gasteiger partial charge on any atom is -0.464 e. The average molecular weight is 396 g/mol. The second-order valence-electron chi connectivity index (χ2n) is 6.51. The Morgan fingerprint density at radius 1 is 1.17 bits per heavy atom. The number of aromatic nitrogens is 2. The Hall–Kier alpha value is -3.39. The van der Waals surface area contributed by atoms with E-state index in [0.717, 1.165) is 18.7 Å². The van der Waals surface area contributed by atoms with E-state index >= 15 is 0 Å². The molecule has 0 fully saturated rings. The van der Waals surface area contributed by atoms with Crippen molar-refractivity contribution in [3.8, 4) is 0 Å². The van der Waals surface area contributed by atoms with Crippen molar-refractivity contribution in [3.63, 3.8) is 0 Å². The molecule has 1 amide bonds. The number of carbonyl (C=O) groups excluding carboxylic acids is 2. The summed E-state index contributed by atoms with van der Waals surface area (Å²) in [5, 5.41) is 6.72. The summed E-state index contributed by atoms with van der Waals surface area (Å²) in [6, 6.07) is 12.0. The zero-order chi connectivity index (χ0) is 20.8. The first-order chi connectivity index (χ1) is 14.0. The van der Waals surface area contributed by atoms with Crippen LogP contribution in [0.4, 0.5) is 11.4 Å². The lowest BCUT2D eigenvalue weighted by Crippen LogP contribution is -2.19. The van der Waals surface area contributed by atoms with Gasteiger partial charge in [0, 0.05) is 26.1 Å². The number of nitrogens with one attached hydrogen (secondary N) is 2. The number of hydrogen-bond donors (Lipinski definition) is 2. The average Bonchev–Trinajstić information content (AvgIpc) is 2.99. The molecule has 0 unspecified atom stereocenters. The number of ether oxygens (including phenoxy) is 2. The number of pyridine rings is 1. The summed E-state index contributed by atoms with van der Waals surface area (Å²) in [4.78, 5) is 28.9. The maximum Gasteiger partial charge on any atom is 0.356 e. The van der Waals surface area contributed by atoms with E-state index in [4.69, 9.17) is 9.47 Å². The third kappa shape index (κ3) is 4.55. The number of amides is 1. The topological polar surface area (TPSA) is 94.5 Å². The highest BCUT2D eigenvalue weighted by molar-refractivity contribution is 6.11. The number of rotatable bonds is 8. The zero-order valence-corrected chi connectivity index (χ0v) is 16.7. The third-order valence-corrected chi connectivity index (χ3v) is 4.53. The smallest absolute Gasteiger partial charge is 0.356 e. The Morgan fingerprint density at radius 2 is 1.93 bits per heavy atom. The molecule has 0 bridgehead atoms. The van der Waals surface area contributed by atoms with Crippen LogP contribution in [0.3, 0.4) is 0 Å². The van der Waals surface area contributed by atoms with Gasteiger partial charge in [0.1, 0.15) is 12.3 Å². The molecule has 0 saturated heterocycles. The van der Waals surface area contributed by atoms with Gasteiger partial charge in [0.15, 0.2) is 5.69 Å². The lowest BCUT2D eigenvalue weighted by atomic mass is 10.1. The van der Waals surface area contributed by atoms with Crippen LogP contribution in [0, 0.1) is 0 Å². The lowest BCUT2D eigenvalue weighted by Gasteiger charge is -2.08. The highest BCUT2D eigenvalue weighted by Crippen LogP contribution is 2.31. The van der Waals surface area contributed by atoms with E-state index in [0.29, 0.717) is 16.7 Å². The number of aryl methyl sites for hydroxylation is 1. The second-order valence-corrected chi connectivity index (χ2v) is 6.51. The first-order valence-corrected chi connectivity index (χ1v) is 9.18. The first kappa shape index (κ1) is 20.3. The fraction of sp³-hybridized carbons (Fsp3) is 0.286. The van der Waals surface area contributed by atoms with Gasteiger partial charge in [-0.05, 0) is 18.1 Å². The van der Waals surface area contributed by atoms with Gasteiger partial charge in [-0.15, -0.1) is 0 Å². The van der Waals surface area contributed by atoms with Crippen LogP contribution in [0.5, 0.6) is 0 Å². The molecule has 8 nitrogen and oxygen atoms in total. The molecule has 3 rings (SSSR count). The molecule has 2 heterocycles. The molecule has 0 radical (unpaired) electrons. The van der Waals surface area contributed by atoms with Crippen molar-refractivity contribution < 1.29 is 19.1 Å². The molecule has 0 spiro atoms. The summed E-state index contributed by atoms with van der Waals surface area (Å²) in [5.74, 6) is -0.926. The van der Waals surface area contributed by atoms with E-state index in [9.17, 15) is 9.59 Å².